The summed E-state index contributed by atoms with van der Waals surface area (Å²) in [6.07, 6.45) is 0. The monoisotopic (exact) mass is 571 g/mol. The van der Waals surface area contributed by atoms with Crippen LogP contribution in [0, 0.1) is 13.8 Å². The number of sulfonamides is 1. The molecule has 9 heteroatoms. The van der Waals surface area contributed by atoms with Crippen molar-refractivity contribution in [2.24, 2.45) is 0 Å². The van der Waals surface area contributed by atoms with E-state index in [1.54, 1.807) is 43.3 Å². The first-order chi connectivity index (χ1) is 17.0. The molecule has 0 unspecified atom stereocenters. The molecule has 0 aliphatic heterocycles. The second-order valence-corrected chi connectivity index (χ2v) is 11.3. The van der Waals surface area contributed by atoms with Gasteiger partial charge in [0.1, 0.15) is 12.6 Å². The van der Waals surface area contributed by atoms with Gasteiger partial charge in [0.2, 0.25) is 11.8 Å². The van der Waals surface area contributed by atoms with Crippen molar-refractivity contribution in [1.82, 2.24) is 10.2 Å². The van der Waals surface area contributed by atoms with Crippen LogP contribution < -0.4 is 9.62 Å². The first-order valence-corrected chi connectivity index (χ1v) is 13.7. The highest BCUT2D eigenvalue weighted by Crippen LogP contribution is 2.27. The van der Waals surface area contributed by atoms with Crippen molar-refractivity contribution in [3.8, 4) is 0 Å². The molecule has 1 N–H and O–H groups in total. The van der Waals surface area contributed by atoms with E-state index in [4.69, 9.17) is 0 Å². The second-order valence-electron chi connectivity index (χ2n) is 8.54. The lowest BCUT2D eigenvalue weighted by Gasteiger charge is -2.32. The number of nitrogens with zero attached hydrogens (tertiary/aromatic N) is 2. The normalized spacial score (nSPS) is 12.0. The highest BCUT2D eigenvalue weighted by Gasteiger charge is 2.32. The molecule has 1 atom stereocenters. The maximum atomic E-state index is 13.7. The number of halogens is 1. The Labute approximate surface area is 221 Å². The molecule has 7 nitrogen and oxygen atoms in total. The molecule has 3 aromatic rings. The van der Waals surface area contributed by atoms with Crippen LogP contribution in [0.5, 0.6) is 0 Å². The van der Waals surface area contributed by atoms with E-state index in [2.05, 4.69) is 21.2 Å². The third-order valence-corrected chi connectivity index (χ3v) is 8.28. The largest absolute Gasteiger partial charge is 0.357 e. The van der Waals surface area contributed by atoms with Crippen LogP contribution in [-0.2, 0) is 26.2 Å². The van der Waals surface area contributed by atoms with E-state index >= 15 is 0 Å². The molecule has 0 fully saturated rings. The van der Waals surface area contributed by atoms with E-state index < -0.39 is 28.5 Å². The van der Waals surface area contributed by atoms with Crippen molar-refractivity contribution in [2.75, 3.05) is 17.9 Å². The lowest BCUT2D eigenvalue weighted by atomic mass is 10.1. The summed E-state index contributed by atoms with van der Waals surface area (Å²) >= 11 is 3.39. The van der Waals surface area contributed by atoms with Crippen molar-refractivity contribution in [3.63, 3.8) is 0 Å². The summed E-state index contributed by atoms with van der Waals surface area (Å²) in [6, 6.07) is 20.0. The molecule has 0 bridgehead atoms. The van der Waals surface area contributed by atoms with Crippen LogP contribution in [0.4, 0.5) is 5.69 Å². The fraction of sp³-hybridized carbons (Fsp3) is 0.259. The standard InChI is InChI=1S/C27H30BrN3O4S/c1-19-12-14-25(15-13-19)36(34,35)31(24-11-7-10-23(28)16-24)18-26(32)30(21(3)27(33)29-4)17-22-9-6-5-8-20(22)2/h5-16,21H,17-18H2,1-4H3,(H,29,33)/t21-/m1/s1. The number of amides is 2. The van der Waals surface area contributed by atoms with Gasteiger partial charge in [-0.3, -0.25) is 13.9 Å². The molecule has 0 spiro atoms. The van der Waals surface area contributed by atoms with Gasteiger partial charge in [-0.05, 0) is 62.2 Å². The number of benzene rings is 3. The Bertz CT molecular complexity index is 1340. The zero-order valence-corrected chi connectivity index (χ0v) is 23.1. The Morgan fingerprint density at radius 3 is 2.25 bits per heavy atom. The molecule has 3 aromatic carbocycles. The average molecular weight is 573 g/mol. The maximum absolute atomic E-state index is 13.7. The summed E-state index contributed by atoms with van der Waals surface area (Å²) in [5.41, 5.74) is 3.09. The van der Waals surface area contributed by atoms with Gasteiger partial charge < -0.3 is 10.2 Å². The molecular formula is C27H30BrN3O4S. The molecule has 0 aromatic heterocycles. The van der Waals surface area contributed by atoms with Crippen LogP contribution in [0.1, 0.15) is 23.6 Å². The lowest BCUT2D eigenvalue weighted by Crippen LogP contribution is -2.50. The number of aryl methyl sites for hydroxylation is 2. The van der Waals surface area contributed by atoms with Gasteiger partial charge in [0.05, 0.1) is 10.6 Å². The fourth-order valence-electron chi connectivity index (χ4n) is 3.76. The Balaban J connectivity index is 2.05. The van der Waals surface area contributed by atoms with E-state index in [0.29, 0.717) is 10.2 Å². The molecule has 36 heavy (non-hydrogen) atoms. The second kappa shape index (κ2) is 11.7. The summed E-state index contributed by atoms with van der Waals surface area (Å²) in [4.78, 5) is 27.8. The number of anilines is 1. The Morgan fingerprint density at radius 1 is 0.972 bits per heavy atom. The van der Waals surface area contributed by atoms with Gasteiger partial charge in [0.25, 0.3) is 10.0 Å². The topological polar surface area (TPSA) is 86.8 Å². The first-order valence-electron chi connectivity index (χ1n) is 11.4. The molecule has 190 valence electrons. The molecule has 0 aliphatic rings. The highest BCUT2D eigenvalue weighted by atomic mass is 79.9. The van der Waals surface area contributed by atoms with Crippen LogP contribution in [0.25, 0.3) is 0 Å². The van der Waals surface area contributed by atoms with Gasteiger partial charge >= 0.3 is 0 Å². The van der Waals surface area contributed by atoms with Crippen molar-refractivity contribution in [3.05, 3.63) is 94.0 Å². The van der Waals surface area contributed by atoms with E-state index in [-0.39, 0.29) is 17.3 Å². The number of hydrogen-bond donors (Lipinski definition) is 1. The molecule has 0 aliphatic carbocycles. The predicted octanol–water partition coefficient (Wildman–Crippen LogP) is 4.42. The molecule has 0 heterocycles. The van der Waals surface area contributed by atoms with E-state index in [1.165, 1.54) is 24.1 Å². The first kappa shape index (κ1) is 27.4. The van der Waals surface area contributed by atoms with Crippen molar-refractivity contribution >= 4 is 43.5 Å². The van der Waals surface area contributed by atoms with E-state index in [1.807, 2.05) is 38.1 Å². The highest BCUT2D eigenvalue weighted by molar-refractivity contribution is 9.10. The lowest BCUT2D eigenvalue weighted by molar-refractivity contribution is -0.139. The number of nitrogens with one attached hydrogen (secondary N) is 1. The Kier molecular flexibility index (Phi) is 8.92. The van der Waals surface area contributed by atoms with Crippen LogP contribution >= 0.6 is 15.9 Å². The number of likely N-dealkylation sites (N-methyl/N-ethyl adjacent to an activating group) is 1. The average Bonchev–Trinajstić information content (AvgIpc) is 2.85. The van der Waals surface area contributed by atoms with Crippen LogP contribution in [0.2, 0.25) is 0 Å². The van der Waals surface area contributed by atoms with Gasteiger partial charge in [-0.1, -0.05) is 64.0 Å². The minimum atomic E-state index is -4.08. The number of carbonyl (C=O) groups excluding carboxylic acids is 2. The maximum Gasteiger partial charge on any atom is 0.264 e. The molecular weight excluding hydrogens is 542 g/mol. The smallest absolute Gasteiger partial charge is 0.264 e. The number of carbonyl (C=O) groups is 2. The SMILES string of the molecule is CNC(=O)[C@@H](C)N(Cc1ccccc1C)C(=O)CN(c1cccc(Br)c1)S(=O)(=O)c1ccc(C)cc1. The summed E-state index contributed by atoms with van der Waals surface area (Å²) in [5.74, 6) is -0.836. The van der Waals surface area contributed by atoms with Crippen LogP contribution in [0.15, 0.2) is 82.2 Å². The van der Waals surface area contributed by atoms with Gasteiger partial charge in [-0.2, -0.15) is 0 Å². The minimum Gasteiger partial charge on any atom is -0.357 e. The van der Waals surface area contributed by atoms with Crippen molar-refractivity contribution < 1.29 is 18.0 Å². The summed E-state index contributed by atoms with van der Waals surface area (Å²) in [7, 11) is -2.58. The van der Waals surface area contributed by atoms with E-state index in [9.17, 15) is 18.0 Å². The molecule has 0 radical (unpaired) electrons. The Morgan fingerprint density at radius 2 is 1.64 bits per heavy atom. The molecule has 0 saturated heterocycles. The summed E-state index contributed by atoms with van der Waals surface area (Å²) in [6.45, 7) is 5.12. The Hall–Kier alpha value is -3.17. The molecule has 3 rings (SSSR count). The summed E-state index contributed by atoms with van der Waals surface area (Å²) in [5, 5.41) is 2.58. The van der Waals surface area contributed by atoms with Gasteiger partial charge in [0, 0.05) is 18.1 Å². The number of rotatable bonds is 9. The zero-order chi connectivity index (χ0) is 26.5. The number of hydrogen-bond acceptors (Lipinski definition) is 4. The van der Waals surface area contributed by atoms with E-state index in [0.717, 1.165) is 21.0 Å². The third-order valence-electron chi connectivity index (χ3n) is 6.00. The van der Waals surface area contributed by atoms with Gasteiger partial charge in [0.15, 0.2) is 0 Å². The molecule has 2 amide bonds. The van der Waals surface area contributed by atoms with Crippen molar-refractivity contribution in [1.29, 1.82) is 0 Å². The quantitative estimate of drug-likeness (QED) is 0.411. The fourth-order valence-corrected chi connectivity index (χ4v) is 5.55. The third kappa shape index (κ3) is 6.33. The zero-order valence-electron chi connectivity index (χ0n) is 20.7. The van der Waals surface area contributed by atoms with Crippen LogP contribution in [-0.4, -0.2) is 44.8 Å². The summed E-state index contributed by atoms with van der Waals surface area (Å²) < 4.78 is 29.3. The minimum absolute atomic E-state index is 0.0747. The van der Waals surface area contributed by atoms with Gasteiger partial charge in [-0.25, -0.2) is 8.42 Å². The predicted molar refractivity (Wildman–Crippen MR) is 145 cm³/mol. The van der Waals surface area contributed by atoms with Gasteiger partial charge in [-0.15, -0.1) is 0 Å². The van der Waals surface area contributed by atoms with Crippen molar-refractivity contribution in [2.45, 2.75) is 38.3 Å². The molecule has 0 saturated carbocycles. The van der Waals surface area contributed by atoms with Crippen LogP contribution in [0.3, 0.4) is 0 Å².